The SMILES string of the molecule is N#C/C(=C/c1cccc([N+](=O)[O-])c1O)C(=O)NC(N)=O. The first-order chi connectivity index (χ1) is 9.36. The molecule has 1 rings (SSSR count). The Labute approximate surface area is 112 Å². The van der Waals surface area contributed by atoms with Crippen LogP contribution in [-0.4, -0.2) is 22.0 Å². The van der Waals surface area contributed by atoms with Gasteiger partial charge in [-0.2, -0.15) is 5.26 Å². The van der Waals surface area contributed by atoms with Crippen molar-refractivity contribution in [3.63, 3.8) is 0 Å². The number of imide groups is 1. The van der Waals surface area contributed by atoms with Crippen molar-refractivity contribution in [2.24, 2.45) is 5.73 Å². The number of phenols is 1. The van der Waals surface area contributed by atoms with E-state index in [0.29, 0.717) is 0 Å². The summed E-state index contributed by atoms with van der Waals surface area (Å²) in [4.78, 5) is 31.7. The number of hydrogen-bond acceptors (Lipinski definition) is 6. The lowest BCUT2D eigenvalue weighted by Crippen LogP contribution is -2.35. The van der Waals surface area contributed by atoms with Crippen LogP contribution in [0.2, 0.25) is 0 Å². The number of phenolic OH excluding ortho intramolecular Hbond substituents is 1. The topological polar surface area (TPSA) is 159 Å². The predicted molar refractivity (Wildman–Crippen MR) is 66.1 cm³/mol. The van der Waals surface area contributed by atoms with Gasteiger partial charge in [0.2, 0.25) is 5.75 Å². The quantitative estimate of drug-likeness (QED) is 0.313. The Morgan fingerprint density at radius 2 is 2.15 bits per heavy atom. The molecule has 1 aromatic carbocycles. The standard InChI is InChI=1S/C11H8N4O5/c12-5-7(10(17)14-11(13)18)4-6-2-1-3-8(9(6)16)15(19)20/h1-4,16H,(H3,13,14,17,18)/b7-4-. The third-order valence-electron chi connectivity index (χ3n) is 2.14. The molecular formula is C11H8N4O5. The maximum absolute atomic E-state index is 11.4. The van der Waals surface area contributed by atoms with Crippen molar-refractivity contribution in [2.45, 2.75) is 0 Å². The molecule has 0 unspecified atom stereocenters. The second-order valence-corrected chi connectivity index (χ2v) is 3.46. The van der Waals surface area contributed by atoms with E-state index in [2.05, 4.69) is 0 Å². The third kappa shape index (κ3) is 3.30. The fourth-order valence-corrected chi connectivity index (χ4v) is 1.30. The number of primary amides is 1. The molecular weight excluding hydrogens is 268 g/mol. The normalized spacial score (nSPS) is 10.4. The number of nitro groups is 1. The molecule has 0 bridgehead atoms. The molecule has 9 nitrogen and oxygen atoms in total. The van der Waals surface area contributed by atoms with Crippen LogP contribution in [0, 0.1) is 21.4 Å². The minimum absolute atomic E-state index is 0.115. The Morgan fingerprint density at radius 1 is 1.50 bits per heavy atom. The van der Waals surface area contributed by atoms with Gasteiger partial charge in [-0.3, -0.25) is 20.2 Å². The molecule has 0 saturated carbocycles. The maximum atomic E-state index is 11.4. The predicted octanol–water partition coefficient (Wildman–Crippen LogP) is 0.402. The van der Waals surface area contributed by atoms with Crippen LogP contribution in [-0.2, 0) is 4.79 Å². The summed E-state index contributed by atoms with van der Waals surface area (Å²) in [6, 6.07) is 3.93. The number of nitrogens with one attached hydrogen (secondary N) is 1. The van der Waals surface area contributed by atoms with Crippen LogP contribution in [0.15, 0.2) is 23.8 Å². The second-order valence-electron chi connectivity index (χ2n) is 3.46. The number of nitriles is 1. The Morgan fingerprint density at radius 3 is 2.65 bits per heavy atom. The Balaban J connectivity index is 3.24. The number of benzene rings is 1. The molecule has 9 heteroatoms. The van der Waals surface area contributed by atoms with Gasteiger partial charge in [0.05, 0.1) is 4.92 Å². The number of para-hydroxylation sites is 1. The van der Waals surface area contributed by atoms with Crippen molar-refractivity contribution in [3.05, 3.63) is 39.4 Å². The van der Waals surface area contributed by atoms with Crippen molar-refractivity contribution in [3.8, 4) is 11.8 Å². The van der Waals surface area contributed by atoms with E-state index in [4.69, 9.17) is 11.0 Å². The first kappa shape index (κ1) is 14.7. The zero-order chi connectivity index (χ0) is 15.3. The summed E-state index contributed by atoms with van der Waals surface area (Å²) in [6.45, 7) is 0. The first-order valence-corrected chi connectivity index (χ1v) is 5.05. The number of aromatic hydroxyl groups is 1. The highest BCUT2D eigenvalue weighted by atomic mass is 16.6. The summed E-state index contributed by atoms with van der Waals surface area (Å²) in [7, 11) is 0. The zero-order valence-electron chi connectivity index (χ0n) is 9.86. The van der Waals surface area contributed by atoms with E-state index < -0.39 is 33.9 Å². The summed E-state index contributed by atoms with van der Waals surface area (Å²) in [5, 5.41) is 30.7. The van der Waals surface area contributed by atoms with E-state index in [1.165, 1.54) is 18.2 Å². The van der Waals surface area contributed by atoms with Crippen molar-refractivity contribution in [1.82, 2.24) is 5.32 Å². The van der Waals surface area contributed by atoms with Crippen LogP contribution >= 0.6 is 0 Å². The molecule has 3 amide bonds. The largest absolute Gasteiger partial charge is 0.502 e. The van der Waals surface area contributed by atoms with E-state index >= 15 is 0 Å². The number of hydrogen-bond donors (Lipinski definition) is 3. The lowest BCUT2D eigenvalue weighted by atomic mass is 10.1. The minimum Gasteiger partial charge on any atom is -0.502 e. The van der Waals surface area contributed by atoms with Gasteiger partial charge in [-0.1, -0.05) is 12.1 Å². The summed E-state index contributed by atoms with van der Waals surface area (Å²) >= 11 is 0. The number of nitrogens with zero attached hydrogens (tertiary/aromatic N) is 2. The number of nitro benzene ring substituents is 1. The van der Waals surface area contributed by atoms with Gasteiger partial charge in [-0.15, -0.1) is 0 Å². The van der Waals surface area contributed by atoms with Crippen molar-refractivity contribution >= 4 is 23.7 Å². The molecule has 0 fully saturated rings. The van der Waals surface area contributed by atoms with Crippen LogP contribution in [0.4, 0.5) is 10.5 Å². The Bertz CT molecular complexity index is 659. The fourth-order valence-electron chi connectivity index (χ4n) is 1.30. The van der Waals surface area contributed by atoms with Crippen LogP contribution in [0.5, 0.6) is 5.75 Å². The maximum Gasteiger partial charge on any atom is 0.319 e. The average Bonchev–Trinajstić information content (AvgIpc) is 2.36. The molecule has 0 saturated heterocycles. The van der Waals surface area contributed by atoms with Crippen LogP contribution in [0.3, 0.4) is 0 Å². The van der Waals surface area contributed by atoms with Crippen LogP contribution in [0.25, 0.3) is 6.08 Å². The molecule has 0 aromatic heterocycles. The second kappa shape index (κ2) is 5.96. The van der Waals surface area contributed by atoms with Gasteiger partial charge in [0.1, 0.15) is 11.6 Å². The van der Waals surface area contributed by atoms with Crippen molar-refractivity contribution < 1.29 is 19.6 Å². The van der Waals surface area contributed by atoms with E-state index in [9.17, 15) is 24.8 Å². The van der Waals surface area contributed by atoms with E-state index in [-0.39, 0.29) is 5.56 Å². The highest BCUT2D eigenvalue weighted by molar-refractivity contribution is 6.08. The van der Waals surface area contributed by atoms with E-state index in [0.717, 1.165) is 12.1 Å². The van der Waals surface area contributed by atoms with Gasteiger partial charge in [0.25, 0.3) is 5.91 Å². The fraction of sp³-hybridized carbons (Fsp3) is 0. The first-order valence-electron chi connectivity index (χ1n) is 5.05. The highest BCUT2D eigenvalue weighted by Gasteiger charge is 2.17. The molecule has 0 heterocycles. The van der Waals surface area contributed by atoms with E-state index in [1.807, 2.05) is 0 Å². The van der Waals surface area contributed by atoms with Gasteiger partial charge in [0, 0.05) is 11.6 Å². The van der Waals surface area contributed by atoms with Crippen molar-refractivity contribution in [1.29, 1.82) is 5.26 Å². The highest BCUT2D eigenvalue weighted by Crippen LogP contribution is 2.30. The molecule has 1 aromatic rings. The molecule has 20 heavy (non-hydrogen) atoms. The molecule has 0 aliphatic heterocycles. The van der Waals surface area contributed by atoms with Gasteiger partial charge < -0.3 is 10.8 Å². The number of carbonyl (C=O) groups is 2. The number of carbonyl (C=O) groups excluding carboxylic acids is 2. The Hall–Kier alpha value is -3.41. The number of urea groups is 1. The molecule has 0 aliphatic rings. The zero-order valence-corrected chi connectivity index (χ0v) is 9.86. The van der Waals surface area contributed by atoms with Crippen molar-refractivity contribution in [2.75, 3.05) is 0 Å². The number of rotatable bonds is 3. The summed E-state index contributed by atoms with van der Waals surface area (Å²) < 4.78 is 0. The molecule has 102 valence electrons. The van der Waals surface area contributed by atoms with Crippen LogP contribution < -0.4 is 11.1 Å². The van der Waals surface area contributed by atoms with Gasteiger partial charge >= 0.3 is 11.7 Å². The molecule has 4 N–H and O–H groups in total. The summed E-state index contributed by atoms with van der Waals surface area (Å²) in [6.07, 6.45) is 0.903. The third-order valence-corrected chi connectivity index (χ3v) is 2.14. The van der Waals surface area contributed by atoms with Gasteiger partial charge in [-0.25, -0.2) is 4.79 Å². The van der Waals surface area contributed by atoms with Gasteiger partial charge in [0.15, 0.2) is 0 Å². The summed E-state index contributed by atoms with van der Waals surface area (Å²) in [5.74, 6) is -1.77. The molecule has 0 spiro atoms. The lowest BCUT2D eigenvalue weighted by molar-refractivity contribution is -0.385. The smallest absolute Gasteiger partial charge is 0.319 e. The monoisotopic (exact) mass is 276 g/mol. The van der Waals surface area contributed by atoms with E-state index in [1.54, 1.807) is 5.32 Å². The number of nitrogens with two attached hydrogens (primary N) is 1. The van der Waals surface area contributed by atoms with Gasteiger partial charge in [-0.05, 0) is 6.08 Å². The molecule has 0 aliphatic carbocycles. The minimum atomic E-state index is -1.15. The van der Waals surface area contributed by atoms with Crippen LogP contribution in [0.1, 0.15) is 5.56 Å². The summed E-state index contributed by atoms with van der Waals surface area (Å²) in [5.41, 5.74) is 3.49. The Kier molecular flexibility index (Phi) is 4.37. The molecule has 0 atom stereocenters. The average molecular weight is 276 g/mol. The molecule has 0 radical (unpaired) electrons. The lowest BCUT2D eigenvalue weighted by Gasteiger charge is -2.02. The number of amides is 3.